The number of ketones is 1. The molecule has 3 rings (SSSR count). The number of carbonyl (C=O) groups is 2. The van der Waals surface area contributed by atoms with Crippen LogP contribution in [-0.4, -0.2) is 18.4 Å². The Bertz CT molecular complexity index is 929. The molecule has 146 valence electrons. The van der Waals surface area contributed by atoms with Gasteiger partial charge in [-0.15, -0.1) is 0 Å². The van der Waals surface area contributed by atoms with Crippen LogP contribution in [0.15, 0.2) is 36.4 Å². The summed E-state index contributed by atoms with van der Waals surface area (Å²) in [5.74, 6) is -0.999. The average molecular weight is 401 g/mol. The number of fused-ring (bicyclic) bond motifs is 1. The van der Waals surface area contributed by atoms with Gasteiger partial charge in [-0.05, 0) is 60.7 Å². The molecule has 1 aliphatic carbocycles. The zero-order valence-electron chi connectivity index (χ0n) is 15.9. The maximum absolute atomic E-state index is 14.1. The number of carbonyl (C=O) groups excluding carboxylic acids is 2. The van der Waals surface area contributed by atoms with Crippen molar-refractivity contribution in [1.29, 1.82) is 0 Å². The Morgan fingerprint density at radius 1 is 1.29 bits per heavy atom. The number of benzene rings is 2. The summed E-state index contributed by atoms with van der Waals surface area (Å²) in [5, 5.41) is 0.359. The molecule has 2 aromatic carbocycles. The van der Waals surface area contributed by atoms with Crippen LogP contribution in [0.2, 0.25) is 5.02 Å². The predicted molar refractivity (Wildman–Crippen MR) is 109 cm³/mol. The summed E-state index contributed by atoms with van der Waals surface area (Å²) in [4.78, 5) is 24.1. The summed E-state index contributed by atoms with van der Waals surface area (Å²) in [7, 11) is 0. The molecule has 3 nitrogen and oxygen atoms in total. The monoisotopic (exact) mass is 400 g/mol. The Kier molecular flexibility index (Phi) is 6.30. The standard InChI is InChI=1S/C23H22ClFO3/c1-3-28-23(27)13-18-11-17-10-15(7-8-16(17)12-22(18)26)14(2)9-19-20(24)5-4-6-21(19)25/h4-10,18H,3,11-13H2,1-2H3/b14-9+. The first-order valence-electron chi connectivity index (χ1n) is 9.31. The molecule has 0 fully saturated rings. The summed E-state index contributed by atoms with van der Waals surface area (Å²) in [6.45, 7) is 3.96. The molecule has 0 amide bonds. The van der Waals surface area contributed by atoms with E-state index in [9.17, 15) is 14.0 Å². The zero-order chi connectivity index (χ0) is 20.3. The second kappa shape index (κ2) is 8.70. The summed E-state index contributed by atoms with van der Waals surface area (Å²) in [6.07, 6.45) is 2.66. The molecule has 0 heterocycles. The molecular weight excluding hydrogens is 379 g/mol. The Morgan fingerprint density at radius 2 is 2.07 bits per heavy atom. The molecule has 0 saturated heterocycles. The lowest BCUT2D eigenvalue weighted by Crippen LogP contribution is -2.28. The van der Waals surface area contributed by atoms with Crippen molar-refractivity contribution in [2.24, 2.45) is 5.92 Å². The van der Waals surface area contributed by atoms with E-state index < -0.39 is 0 Å². The van der Waals surface area contributed by atoms with Crippen molar-refractivity contribution in [3.8, 4) is 0 Å². The van der Waals surface area contributed by atoms with E-state index in [1.807, 2.05) is 25.1 Å². The Morgan fingerprint density at radius 3 is 2.79 bits per heavy atom. The highest BCUT2D eigenvalue weighted by Crippen LogP contribution is 2.30. The Balaban J connectivity index is 1.86. The second-order valence-corrected chi connectivity index (χ2v) is 7.41. The average Bonchev–Trinajstić information content (AvgIpc) is 2.65. The van der Waals surface area contributed by atoms with Crippen LogP contribution in [0.1, 0.15) is 42.5 Å². The lowest BCUT2D eigenvalue weighted by Gasteiger charge is -2.23. The molecule has 0 saturated carbocycles. The van der Waals surface area contributed by atoms with Crippen LogP contribution < -0.4 is 0 Å². The van der Waals surface area contributed by atoms with Gasteiger partial charge in [-0.2, -0.15) is 0 Å². The van der Waals surface area contributed by atoms with Gasteiger partial charge in [0, 0.05) is 17.9 Å². The summed E-state index contributed by atoms with van der Waals surface area (Å²) < 4.78 is 19.1. The van der Waals surface area contributed by atoms with Crippen LogP contribution in [0, 0.1) is 11.7 Å². The van der Waals surface area contributed by atoms with Gasteiger partial charge in [0.05, 0.1) is 18.1 Å². The maximum Gasteiger partial charge on any atom is 0.306 e. The van der Waals surface area contributed by atoms with E-state index in [0.29, 0.717) is 30.0 Å². The topological polar surface area (TPSA) is 43.4 Å². The van der Waals surface area contributed by atoms with Crippen LogP contribution in [0.4, 0.5) is 4.39 Å². The van der Waals surface area contributed by atoms with E-state index in [2.05, 4.69) is 0 Å². The molecule has 0 N–H and O–H groups in total. The molecular formula is C23H22ClFO3. The van der Waals surface area contributed by atoms with Gasteiger partial charge >= 0.3 is 5.97 Å². The highest BCUT2D eigenvalue weighted by Gasteiger charge is 2.28. The zero-order valence-corrected chi connectivity index (χ0v) is 16.7. The maximum atomic E-state index is 14.1. The van der Waals surface area contributed by atoms with E-state index in [1.54, 1.807) is 25.1 Å². The molecule has 1 unspecified atom stereocenters. The molecule has 1 aliphatic rings. The lowest BCUT2D eigenvalue weighted by atomic mass is 9.80. The number of allylic oxidation sites excluding steroid dienone is 1. The fraction of sp³-hybridized carbons (Fsp3) is 0.304. The normalized spacial score (nSPS) is 16.6. The molecule has 0 bridgehead atoms. The van der Waals surface area contributed by atoms with Crippen molar-refractivity contribution < 1.29 is 18.7 Å². The van der Waals surface area contributed by atoms with Gasteiger partial charge in [0.15, 0.2) is 0 Å². The third-order valence-corrected chi connectivity index (χ3v) is 5.36. The third-order valence-electron chi connectivity index (χ3n) is 5.03. The van der Waals surface area contributed by atoms with Gasteiger partial charge in [0.1, 0.15) is 11.6 Å². The number of ether oxygens (including phenoxy) is 1. The molecule has 0 aliphatic heterocycles. The van der Waals surface area contributed by atoms with Crippen LogP contribution in [0.5, 0.6) is 0 Å². The fourth-order valence-corrected chi connectivity index (χ4v) is 3.72. The van der Waals surface area contributed by atoms with Gasteiger partial charge in [0.2, 0.25) is 0 Å². The minimum atomic E-state index is -0.370. The number of halogens is 2. The van der Waals surface area contributed by atoms with Crippen LogP contribution in [-0.2, 0) is 27.2 Å². The minimum absolute atomic E-state index is 0.0682. The first kappa shape index (κ1) is 20.3. The largest absolute Gasteiger partial charge is 0.466 e. The highest BCUT2D eigenvalue weighted by molar-refractivity contribution is 6.32. The smallest absolute Gasteiger partial charge is 0.306 e. The van der Waals surface area contributed by atoms with Crippen molar-refractivity contribution in [2.75, 3.05) is 6.61 Å². The van der Waals surface area contributed by atoms with Gasteiger partial charge in [-0.3, -0.25) is 9.59 Å². The van der Waals surface area contributed by atoms with Crippen molar-refractivity contribution in [3.05, 3.63) is 69.5 Å². The molecule has 0 aromatic heterocycles. The summed E-state index contributed by atoms with van der Waals surface area (Å²) in [6, 6.07) is 10.5. The van der Waals surface area contributed by atoms with E-state index in [-0.39, 0.29) is 29.9 Å². The fourth-order valence-electron chi connectivity index (χ4n) is 3.50. The minimum Gasteiger partial charge on any atom is -0.466 e. The SMILES string of the molecule is CCOC(=O)CC1Cc2cc(/C(C)=C/c3c(F)cccc3Cl)ccc2CC1=O. The number of esters is 1. The van der Waals surface area contributed by atoms with E-state index in [0.717, 1.165) is 22.3 Å². The van der Waals surface area contributed by atoms with E-state index >= 15 is 0 Å². The van der Waals surface area contributed by atoms with Crippen molar-refractivity contribution in [2.45, 2.75) is 33.1 Å². The van der Waals surface area contributed by atoms with Gasteiger partial charge < -0.3 is 4.74 Å². The van der Waals surface area contributed by atoms with E-state index in [4.69, 9.17) is 16.3 Å². The Hall–Kier alpha value is -2.46. The van der Waals surface area contributed by atoms with Crippen LogP contribution >= 0.6 is 11.6 Å². The van der Waals surface area contributed by atoms with Gasteiger partial charge in [-0.25, -0.2) is 4.39 Å². The molecule has 5 heteroatoms. The van der Waals surface area contributed by atoms with Crippen molar-refractivity contribution >= 4 is 35.0 Å². The van der Waals surface area contributed by atoms with E-state index in [1.165, 1.54) is 6.07 Å². The van der Waals surface area contributed by atoms with Crippen LogP contribution in [0.3, 0.4) is 0 Å². The summed E-state index contributed by atoms with van der Waals surface area (Å²) >= 11 is 6.12. The Labute approximate surface area is 169 Å². The quantitative estimate of drug-likeness (QED) is 0.506. The molecule has 1 atom stereocenters. The first-order chi connectivity index (χ1) is 13.4. The summed E-state index contributed by atoms with van der Waals surface area (Å²) in [5.41, 5.74) is 4.18. The third kappa shape index (κ3) is 4.50. The second-order valence-electron chi connectivity index (χ2n) is 7.00. The van der Waals surface area contributed by atoms with Gasteiger partial charge in [0.25, 0.3) is 0 Å². The highest BCUT2D eigenvalue weighted by atomic mass is 35.5. The molecule has 0 radical (unpaired) electrons. The number of hydrogen-bond donors (Lipinski definition) is 0. The van der Waals surface area contributed by atoms with Gasteiger partial charge in [-0.1, -0.05) is 35.9 Å². The van der Waals surface area contributed by atoms with Crippen LogP contribution in [0.25, 0.3) is 11.6 Å². The molecule has 2 aromatic rings. The molecule has 28 heavy (non-hydrogen) atoms. The predicted octanol–water partition coefficient (Wildman–Crippen LogP) is 5.28. The number of hydrogen-bond acceptors (Lipinski definition) is 3. The first-order valence-corrected chi connectivity index (χ1v) is 9.69. The van der Waals surface area contributed by atoms with Crippen molar-refractivity contribution in [3.63, 3.8) is 0 Å². The lowest BCUT2D eigenvalue weighted by molar-refractivity contribution is -0.146. The number of Topliss-reactive ketones (excluding diaryl/α,β-unsaturated/α-hetero) is 1. The molecule has 0 spiro atoms. The van der Waals surface area contributed by atoms with Crippen molar-refractivity contribution in [1.82, 2.24) is 0 Å². The number of rotatable bonds is 5.